The molecule has 0 N–H and O–H groups in total. The molecule has 0 atom stereocenters. The maximum absolute atomic E-state index is 11.1. The summed E-state index contributed by atoms with van der Waals surface area (Å²) in [4.78, 5) is 0. The predicted octanol–water partition coefficient (Wildman–Crippen LogP) is 1.78. The van der Waals surface area contributed by atoms with Crippen molar-refractivity contribution in [3.05, 3.63) is 35.9 Å². The van der Waals surface area contributed by atoms with Crippen LogP contribution in [0.1, 0.15) is 18.9 Å². The molecule has 1 rings (SSSR count). The molecule has 0 amide bonds. The third-order valence-electron chi connectivity index (χ3n) is 1.61. The highest BCUT2D eigenvalue weighted by atomic mass is 32.2. The summed E-state index contributed by atoms with van der Waals surface area (Å²) < 4.78 is 26.6. The highest BCUT2D eigenvalue weighted by molar-refractivity contribution is 7.86. The van der Waals surface area contributed by atoms with Crippen LogP contribution in [0, 0.1) is 0 Å². The van der Waals surface area contributed by atoms with Gasteiger partial charge in [0.05, 0.1) is 12.0 Å². The van der Waals surface area contributed by atoms with Crippen LogP contribution >= 0.6 is 0 Å². The van der Waals surface area contributed by atoms with Crippen LogP contribution in [0.4, 0.5) is 0 Å². The van der Waals surface area contributed by atoms with E-state index in [4.69, 9.17) is 0 Å². The molecule has 0 saturated heterocycles. The van der Waals surface area contributed by atoms with Crippen LogP contribution in [0.3, 0.4) is 0 Å². The fourth-order valence-corrected chi connectivity index (χ4v) is 1.72. The van der Waals surface area contributed by atoms with Crippen LogP contribution in [0.5, 0.6) is 0 Å². The molecule has 15 heavy (non-hydrogen) atoms. The van der Waals surface area contributed by atoms with Gasteiger partial charge in [0.25, 0.3) is 0 Å². The molecule has 1 aromatic rings. The molecule has 0 heterocycles. The first-order valence-electron chi connectivity index (χ1n) is 4.64. The molecule has 82 valence electrons. The average molecular weight is 227 g/mol. The standard InChI is InChI=1S/C10H13NO3S/c1-2-8-15(12,13)14-11-9-10-6-4-3-5-7-10/h3-7,9H,2,8H2,1H3. The minimum atomic E-state index is -3.50. The van der Waals surface area contributed by atoms with Crippen molar-refractivity contribution < 1.29 is 12.7 Å². The van der Waals surface area contributed by atoms with Crippen molar-refractivity contribution in [1.29, 1.82) is 0 Å². The monoisotopic (exact) mass is 227 g/mol. The van der Waals surface area contributed by atoms with Crippen molar-refractivity contribution in [3.8, 4) is 0 Å². The van der Waals surface area contributed by atoms with E-state index in [1.807, 2.05) is 18.2 Å². The highest BCUT2D eigenvalue weighted by Crippen LogP contribution is 1.98. The average Bonchev–Trinajstić information content (AvgIpc) is 2.19. The summed E-state index contributed by atoms with van der Waals surface area (Å²) in [6.45, 7) is 1.77. The van der Waals surface area contributed by atoms with Gasteiger partial charge in [-0.15, -0.1) is 0 Å². The van der Waals surface area contributed by atoms with Crippen LogP contribution in [-0.2, 0) is 14.4 Å². The second kappa shape index (κ2) is 5.50. The maximum atomic E-state index is 11.1. The van der Waals surface area contributed by atoms with E-state index >= 15 is 0 Å². The van der Waals surface area contributed by atoms with E-state index in [0.29, 0.717) is 6.42 Å². The van der Waals surface area contributed by atoms with Crippen molar-refractivity contribution in [2.45, 2.75) is 13.3 Å². The first kappa shape index (κ1) is 11.7. The second-order valence-electron chi connectivity index (χ2n) is 2.98. The first-order chi connectivity index (χ1) is 7.14. The van der Waals surface area contributed by atoms with Crippen LogP contribution in [0.15, 0.2) is 35.5 Å². The molecular weight excluding hydrogens is 214 g/mol. The first-order valence-corrected chi connectivity index (χ1v) is 6.21. The van der Waals surface area contributed by atoms with Crippen molar-refractivity contribution in [2.75, 3.05) is 5.75 Å². The largest absolute Gasteiger partial charge is 0.328 e. The number of hydrogen-bond acceptors (Lipinski definition) is 4. The Hall–Kier alpha value is -1.36. The van der Waals surface area contributed by atoms with E-state index in [2.05, 4.69) is 9.44 Å². The normalized spacial score (nSPS) is 11.8. The van der Waals surface area contributed by atoms with Crippen molar-refractivity contribution >= 4 is 16.3 Å². The summed E-state index contributed by atoms with van der Waals surface area (Å²) in [5.41, 5.74) is 0.796. The third kappa shape index (κ3) is 4.60. The molecule has 0 aliphatic rings. The molecule has 0 spiro atoms. The van der Waals surface area contributed by atoms with E-state index < -0.39 is 10.1 Å². The van der Waals surface area contributed by atoms with E-state index in [-0.39, 0.29) is 5.75 Å². The predicted molar refractivity (Wildman–Crippen MR) is 59.2 cm³/mol. The quantitative estimate of drug-likeness (QED) is 0.569. The summed E-state index contributed by atoms with van der Waals surface area (Å²) in [6.07, 6.45) is 1.89. The fraction of sp³-hybridized carbons (Fsp3) is 0.300. The molecule has 1 aromatic carbocycles. The SMILES string of the molecule is CCCS(=O)(=O)ON=Cc1ccccc1. The smallest absolute Gasteiger partial charge is 0.268 e. The Balaban J connectivity index is 2.54. The van der Waals surface area contributed by atoms with E-state index in [1.54, 1.807) is 19.1 Å². The minimum absolute atomic E-state index is 0.0148. The van der Waals surface area contributed by atoms with Gasteiger partial charge in [-0.2, -0.15) is 8.42 Å². The summed E-state index contributed by atoms with van der Waals surface area (Å²) in [6, 6.07) is 9.15. The number of oxime groups is 1. The zero-order valence-electron chi connectivity index (χ0n) is 8.46. The lowest BCUT2D eigenvalue weighted by Crippen LogP contribution is -2.06. The molecule has 0 fully saturated rings. The zero-order valence-corrected chi connectivity index (χ0v) is 9.28. The van der Waals surface area contributed by atoms with Gasteiger partial charge in [-0.05, 0) is 12.0 Å². The molecule has 0 aliphatic heterocycles. The third-order valence-corrected chi connectivity index (χ3v) is 2.83. The van der Waals surface area contributed by atoms with Crippen LogP contribution in [0.25, 0.3) is 0 Å². The van der Waals surface area contributed by atoms with Crippen LogP contribution in [0.2, 0.25) is 0 Å². The number of rotatable bonds is 5. The summed E-state index contributed by atoms with van der Waals surface area (Å²) >= 11 is 0. The summed E-state index contributed by atoms with van der Waals surface area (Å²) in [5.74, 6) is -0.0148. The molecule has 0 aliphatic carbocycles. The Kier molecular flexibility index (Phi) is 4.30. The second-order valence-corrected chi connectivity index (χ2v) is 4.65. The Labute approximate surface area is 89.7 Å². The van der Waals surface area contributed by atoms with Crippen LogP contribution < -0.4 is 0 Å². The van der Waals surface area contributed by atoms with Crippen LogP contribution in [-0.4, -0.2) is 20.4 Å². The van der Waals surface area contributed by atoms with E-state index in [1.165, 1.54) is 6.21 Å². The zero-order chi connectivity index (χ0) is 11.1. The molecule has 5 heteroatoms. The van der Waals surface area contributed by atoms with Gasteiger partial charge in [0.2, 0.25) is 0 Å². The molecular formula is C10H13NO3S. The van der Waals surface area contributed by atoms with Gasteiger partial charge in [0.15, 0.2) is 0 Å². The van der Waals surface area contributed by atoms with Crippen molar-refractivity contribution in [3.63, 3.8) is 0 Å². The van der Waals surface area contributed by atoms with Gasteiger partial charge in [0, 0.05) is 0 Å². The van der Waals surface area contributed by atoms with Crippen molar-refractivity contribution in [1.82, 2.24) is 0 Å². The molecule has 0 radical (unpaired) electrons. The lowest BCUT2D eigenvalue weighted by Gasteiger charge is -1.97. The Morgan fingerprint density at radius 2 is 2.00 bits per heavy atom. The fourth-order valence-electron chi connectivity index (χ4n) is 0.974. The van der Waals surface area contributed by atoms with Gasteiger partial charge >= 0.3 is 10.1 Å². The maximum Gasteiger partial charge on any atom is 0.328 e. The van der Waals surface area contributed by atoms with Crippen molar-refractivity contribution in [2.24, 2.45) is 5.16 Å². The van der Waals surface area contributed by atoms with E-state index in [0.717, 1.165) is 5.56 Å². The molecule has 0 saturated carbocycles. The van der Waals surface area contributed by atoms with Gasteiger partial charge in [-0.25, -0.2) is 0 Å². The topological polar surface area (TPSA) is 55.7 Å². The molecule has 0 aromatic heterocycles. The Bertz CT molecular complexity index is 412. The van der Waals surface area contributed by atoms with Gasteiger partial charge in [-0.1, -0.05) is 42.4 Å². The highest BCUT2D eigenvalue weighted by Gasteiger charge is 2.07. The van der Waals surface area contributed by atoms with Gasteiger partial charge < -0.3 is 0 Å². The summed E-state index contributed by atoms with van der Waals surface area (Å²) in [7, 11) is -3.50. The molecule has 0 bridgehead atoms. The van der Waals surface area contributed by atoms with Gasteiger partial charge in [0.1, 0.15) is 0 Å². The Morgan fingerprint density at radius 1 is 1.33 bits per heavy atom. The van der Waals surface area contributed by atoms with E-state index in [9.17, 15) is 8.42 Å². The number of hydrogen-bond donors (Lipinski definition) is 0. The minimum Gasteiger partial charge on any atom is -0.268 e. The van der Waals surface area contributed by atoms with Gasteiger partial charge in [-0.3, -0.25) is 4.28 Å². The Morgan fingerprint density at radius 3 is 2.60 bits per heavy atom. The lowest BCUT2D eigenvalue weighted by molar-refractivity contribution is 0.341. The molecule has 4 nitrogen and oxygen atoms in total. The number of nitrogens with zero attached hydrogens (tertiary/aromatic N) is 1. The number of benzene rings is 1. The molecule has 0 unspecified atom stereocenters. The lowest BCUT2D eigenvalue weighted by atomic mass is 10.2. The summed E-state index contributed by atoms with van der Waals surface area (Å²) in [5, 5.41) is 3.42.